The van der Waals surface area contributed by atoms with Crippen LogP contribution in [0.5, 0.6) is 0 Å². The number of rotatable bonds is 2. The Kier molecular flexibility index (Phi) is 3.57. The van der Waals surface area contributed by atoms with Gasteiger partial charge in [-0.05, 0) is 25.2 Å². The maximum Gasteiger partial charge on any atom is 0.306 e. The number of carboxylic acids is 1. The lowest BCUT2D eigenvalue weighted by Crippen LogP contribution is -2.12. The predicted octanol–water partition coefficient (Wildman–Crippen LogP) is 2.49. The fourth-order valence-electron chi connectivity index (χ4n) is 1.91. The predicted molar refractivity (Wildman–Crippen MR) is 47.7 cm³/mol. The van der Waals surface area contributed by atoms with E-state index in [1.54, 1.807) is 0 Å². The van der Waals surface area contributed by atoms with E-state index in [1.165, 1.54) is 6.42 Å². The zero-order chi connectivity index (χ0) is 8.97. The van der Waals surface area contributed by atoms with E-state index in [9.17, 15) is 4.79 Å². The Morgan fingerprint density at radius 2 is 2.08 bits per heavy atom. The van der Waals surface area contributed by atoms with E-state index in [2.05, 4.69) is 6.92 Å². The van der Waals surface area contributed by atoms with E-state index in [0.717, 1.165) is 32.1 Å². The van der Waals surface area contributed by atoms with Crippen LogP contribution in [0, 0.1) is 18.8 Å². The van der Waals surface area contributed by atoms with Gasteiger partial charge in [0.05, 0.1) is 5.92 Å². The van der Waals surface area contributed by atoms with E-state index >= 15 is 0 Å². The average Bonchev–Trinajstić information content (AvgIpc) is 2.28. The normalized spacial score (nSPS) is 31.1. The summed E-state index contributed by atoms with van der Waals surface area (Å²) in [5, 5.41) is 8.81. The molecule has 0 heterocycles. The molecule has 1 fully saturated rings. The Hall–Kier alpha value is -0.530. The smallest absolute Gasteiger partial charge is 0.306 e. The molecule has 0 saturated heterocycles. The van der Waals surface area contributed by atoms with Crippen LogP contribution < -0.4 is 0 Å². The second-order valence-electron chi connectivity index (χ2n) is 3.70. The molecule has 0 aromatic heterocycles. The van der Waals surface area contributed by atoms with E-state index in [4.69, 9.17) is 5.11 Å². The molecule has 2 unspecified atom stereocenters. The van der Waals surface area contributed by atoms with Crippen molar-refractivity contribution in [2.24, 2.45) is 11.8 Å². The highest BCUT2D eigenvalue weighted by atomic mass is 16.4. The molecule has 0 aromatic rings. The Labute approximate surface area is 74.0 Å². The maximum absolute atomic E-state index is 10.7. The van der Waals surface area contributed by atoms with Gasteiger partial charge in [-0.2, -0.15) is 0 Å². The third-order valence-electron chi connectivity index (χ3n) is 2.85. The monoisotopic (exact) mass is 169 g/mol. The molecule has 1 saturated carbocycles. The largest absolute Gasteiger partial charge is 0.481 e. The lowest BCUT2D eigenvalue weighted by Gasteiger charge is -2.09. The minimum absolute atomic E-state index is 0.0819. The molecule has 1 radical (unpaired) electrons. The van der Waals surface area contributed by atoms with Gasteiger partial charge in [0, 0.05) is 0 Å². The van der Waals surface area contributed by atoms with Gasteiger partial charge in [0.25, 0.3) is 0 Å². The molecule has 0 bridgehead atoms. The van der Waals surface area contributed by atoms with Crippen molar-refractivity contribution in [1.82, 2.24) is 0 Å². The molecule has 0 aromatic carbocycles. The van der Waals surface area contributed by atoms with Crippen molar-refractivity contribution < 1.29 is 9.90 Å². The van der Waals surface area contributed by atoms with Gasteiger partial charge in [-0.1, -0.05) is 26.2 Å². The molecular weight excluding hydrogens is 152 g/mol. The van der Waals surface area contributed by atoms with E-state index in [1.807, 2.05) is 0 Å². The van der Waals surface area contributed by atoms with Crippen LogP contribution in [0.25, 0.3) is 0 Å². The second-order valence-corrected chi connectivity index (χ2v) is 3.70. The van der Waals surface area contributed by atoms with Crippen LogP contribution in [0.3, 0.4) is 0 Å². The third kappa shape index (κ3) is 2.50. The van der Waals surface area contributed by atoms with Crippen molar-refractivity contribution in [2.75, 3.05) is 0 Å². The first-order valence-corrected chi connectivity index (χ1v) is 4.76. The molecule has 0 spiro atoms. The van der Waals surface area contributed by atoms with Gasteiger partial charge in [0.2, 0.25) is 0 Å². The highest BCUT2D eigenvalue weighted by molar-refractivity contribution is 5.69. The summed E-state index contributed by atoms with van der Waals surface area (Å²) in [5.74, 6) is -0.0180. The van der Waals surface area contributed by atoms with Gasteiger partial charge >= 0.3 is 5.97 Å². The summed E-state index contributed by atoms with van der Waals surface area (Å²) in [6.07, 6.45) is 5.98. The summed E-state index contributed by atoms with van der Waals surface area (Å²) < 4.78 is 0. The number of hydrogen-bond acceptors (Lipinski definition) is 1. The Bertz CT molecular complexity index is 154. The van der Waals surface area contributed by atoms with Crippen molar-refractivity contribution in [3.05, 3.63) is 6.92 Å². The van der Waals surface area contributed by atoms with Gasteiger partial charge in [-0.15, -0.1) is 0 Å². The van der Waals surface area contributed by atoms with E-state index in [0.29, 0.717) is 5.92 Å². The minimum Gasteiger partial charge on any atom is -0.481 e. The summed E-state index contributed by atoms with van der Waals surface area (Å²) in [7, 11) is 0. The first-order valence-electron chi connectivity index (χ1n) is 4.76. The Morgan fingerprint density at radius 1 is 1.33 bits per heavy atom. The number of aliphatic carboxylic acids is 1. The lowest BCUT2D eigenvalue weighted by molar-refractivity contribution is -0.142. The fraction of sp³-hybridized carbons (Fsp3) is 0.800. The number of carbonyl (C=O) groups is 1. The molecule has 1 N–H and O–H groups in total. The summed E-state index contributed by atoms with van der Waals surface area (Å²) in [6, 6.07) is 0. The van der Waals surface area contributed by atoms with E-state index in [-0.39, 0.29) is 5.92 Å². The van der Waals surface area contributed by atoms with Gasteiger partial charge < -0.3 is 5.11 Å². The SMILES string of the molecule is [CH2]CC1CCCC(C(=O)O)CC1. The molecule has 0 amide bonds. The van der Waals surface area contributed by atoms with Crippen LogP contribution in [0.2, 0.25) is 0 Å². The van der Waals surface area contributed by atoms with Crippen LogP contribution in [0.1, 0.15) is 38.5 Å². The van der Waals surface area contributed by atoms with Crippen LogP contribution in [0.4, 0.5) is 0 Å². The summed E-state index contributed by atoms with van der Waals surface area (Å²) >= 11 is 0. The zero-order valence-electron chi connectivity index (χ0n) is 7.46. The van der Waals surface area contributed by atoms with Gasteiger partial charge in [0.15, 0.2) is 0 Å². The average molecular weight is 169 g/mol. The molecule has 0 aliphatic heterocycles. The molecule has 1 rings (SSSR count). The van der Waals surface area contributed by atoms with Gasteiger partial charge in [-0.25, -0.2) is 0 Å². The Balaban J connectivity index is 2.39. The quantitative estimate of drug-likeness (QED) is 0.645. The summed E-state index contributed by atoms with van der Waals surface area (Å²) in [4.78, 5) is 10.7. The maximum atomic E-state index is 10.7. The molecule has 12 heavy (non-hydrogen) atoms. The third-order valence-corrected chi connectivity index (χ3v) is 2.85. The van der Waals surface area contributed by atoms with Crippen LogP contribution >= 0.6 is 0 Å². The van der Waals surface area contributed by atoms with Crippen LogP contribution in [-0.4, -0.2) is 11.1 Å². The zero-order valence-corrected chi connectivity index (χ0v) is 7.46. The van der Waals surface area contributed by atoms with Crippen molar-refractivity contribution in [3.8, 4) is 0 Å². The molecular formula is C10H17O2. The summed E-state index contributed by atoms with van der Waals surface area (Å²) in [5.41, 5.74) is 0. The fourth-order valence-corrected chi connectivity index (χ4v) is 1.91. The molecule has 69 valence electrons. The highest BCUT2D eigenvalue weighted by Crippen LogP contribution is 2.28. The number of carboxylic acid groups (broad SMARTS) is 1. The van der Waals surface area contributed by atoms with E-state index < -0.39 is 5.97 Å². The standard InChI is InChI=1S/C10H17O2/c1-2-8-4-3-5-9(7-6-8)10(11)12/h8-9H,1-7H2,(H,11,12). The van der Waals surface area contributed by atoms with Crippen LogP contribution in [-0.2, 0) is 4.79 Å². The topological polar surface area (TPSA) is 37.3 Å². The molecule has 2 atom stereocenters. The van der Waals surface area contributed by atoms with Gasteiger partial charge in [0.1, 0.15) is 0 Å². The lowest BCUT2D eigenvalue weighted by atomic mass is 9.96. The first-order chi connectivity index (χ1) is 5.74. The summed E-state index contributed by atoms with van der Waals surface area (Å²) in [6.45, 7) is 3.87. The minimum atomic E-state index is -0.611. The Morgan fingerprint density at radius 3 is 2.67 bits per heavy atom. The van der Waals surface area contributed by atoms with Crippen molar-refractivity contribution in [1.29, 1.82) is 0 Å². The van der Waals surface area contributed by atoms with Gasteiger partial charge in [-0.3, -0.25) is 4.79 Å². The second kappa shape index (κ2) is 4.48. The van der Waals surface area contributed by atoms with Crippen molar-refractivity contribution in [3.63, 3.8) is 0 Å². The van der Waals surface area contributed by atoms with Crippen molar-refractivity contribution in [2.45, 2.75) is 38.5 Å². The highest BCUT2D eigenvalue weighted by Gasteiger charge is 2.22. The van der Waals surface area contributed by atoms with Crippen molar-refractivity contribution >= 4 is 5.97 Å². The van der Waals surface area contributed by atoms with Crippen LogP contribution in [0.15, 0.2) is 0 Å². The molecule has 2 heteroatoms. The molecule has 1 aliphatic carbocycles. The molecule has 1 aliphatic rings. The first kappa shape index (κ1) is 9.56. The number of hydrogen-bond donors (Lipinski definition) is 1. The molecule has 2 nitrogen and oxygen atoms in total.